The number of rotatable bonds is 6. The van der Waals surface area contributed by atoms with Crippen molar-refractivity contribution in [3.63, 3.8) is 0 Å². The molecule has 1 aromatic rings. The minimum atomic E-state index is -1.04. The monoisotopic (exact) mass is 264 g/mol. The van der Waals surface area contributed by atoms with Crippen LogP contribution >= 0.6 is 0 Å². The molecule has 0 aliphatic heterocycles. The van der Waals surface area contributed by atoms with E-state index < -0.39 is 5.97 Å². The molecular formula is C14H20N2O3. The Morgan fingerprint density at radius 2 is 2.11 bits per heavy atom. The minimum Gasteiger partial charge on any atom is -0.478 e. The standard InChI is InChI=1S/C14H20N2O3/c1-9-5-3-7-11(12(9)14(18)19)16-13(17)10(2)6-4-8-15/h3,5,7,10H,4,6,8,15H2,1-2H3,(H,16,17)(H,18,19). The first-order chi connectivity index (χ1) is 8.97. The number of aromatic carboxylic acids is 1. The normalized spacial score (nSPS) is 11.9. The van der Waals surface area contributed by atoms with Crippen molar-refractivity contribution >= 4 is 17.6 Å². The van der Waals surface area contributed by atoms with Gasteiger partial charge in [-0.2, -0.15) is 0 Å². The first-order valence-electron chi connectivity index (χ1n) is 6.31. The van der Waals surface area contributed by atoms with Crippen molar-refractivity contribution in [3.05, 3.63) is 29.3 Å². The zero-order chi connectivity index (χ0) is 14.4. The Hall–Kier alpha value is -1.88. The van der Waals surface area contributed by atoms with Crippen molar-refractivity contribution in [1.82, 2.24) is 0 Å². The molecule has 1 atom stereocenters. The van der Waals surface area contributed by atoms with Crippen LogP contribution in [0, 0.1) is 12.8 Å². The van der Waals surface area contributed by atoms with Gasteiger partial charge < -0.3 is 16.2 Å². The van der Waals surface area contributed by atoms with Gasteiger partial charge in [-0.05, 0) is 37.9 Å². The third-order valence-corrected chi connectivity index (χ3v) is 3.03. The number of hydrogen-bond acceptors (Lipinski definition) is 3. The smallest absolute Gasteiger partial charge is 0.338 e. The lowest BCUT2D eigenvalue weighted by Gasteiger charge is -2.14. The minimum absolute atomic E-state index is 0.141. The number of carbonyl (C=O) groups is 2. The summed E-state index contributed by atoms with van der Waals surface area (Å²) in [6.07, 6.45) is 1.46. The summed E-state index contributed by atoms with van der Waals surface area (Å²) >= 11 is 0. The highest BCUT2D eigenvalue weighted by Crippen LogP contribution is 2.20. The highest BCUT2D eigenvalue weighted by atomic mass is 16.4. The molecule has 19 heavy (non-hydrogen) atoms. The molecule has 0 saturated heterocycles. The van der Waals surface area contributed by atoms with E-state index in [0.717, 1.165) is 6.42 Å². The number of amides is 1. The van der Waals surface area contributed by atoms with Crippen molar-refractivity contribution < 1.29 is 14.7 Å². The number of hydrogen-bond donors (Lipinski definition) is 3. The van der Waals surface area contributed by atoms with E-state index in [9.17, 15) is 14.7 Å². The van der Waals surface area contributed by atoms with Gasteiger partial charge in [0.25, 0.3) is 0 Å². The molecule has 0 aromatic heterocycles. The van der Waals surface area contributed by atoms with Gasteiger partial charge in [0.2, 0.25) is 5.91 Å². The van der Waals surface area contributed by atoms with Crippen LogP contribution in [0.1, 0.15) is 35.7 Å². The van der Waals surface area contributed by atoms with E-state index in [2.05, 4.69) is 5.32 Å². The molecule has 1 unspecified atom stereocenters. The Labute approximate surface area is 112 Å². The Bertz CT molecular complexity index is 472. The average Bonchev–Trinajstić information content (AvgIpc) is 2.35. The van der Waals surface area contributed by atoms with Gasteiger partial charge in [0.1, 0.15) is 0 Å². The predicted molar refractivity (Wildman–Crippen MR) is 74.2 cm³/mol. The highest BCUT2D eigenvalue weighted by Gasteiger charge is 2.17. The molecule has 1 aromatic carbocycles. The Morgan fingerprint density at radius 1 is 1.42 bits per heavy atom. The number of carboxylic acid groups (broad SMARTS) is 1. The molecule has 0 aliphatic rings. The van der Waals surface area contributed by atoms with Crippen molar-refractivity contribution in [2.24, 2.45) is 11.7 Å². The summed E-state index contributed by atoms with van der Waals surface area (Å²) in [4.78, 5) is 23.2. The molecule has 0 fully saturated rings. The summed E-state index contributed by atoms with van der Waals surface area (Å²) in [5, 5.41) is 11.9. The van der Waals surface area contributed by atoms with Crippen molar-refractivity contribution in [1.29, 1.82) is 0 Å². The van der Waals surface area contributed by atoms with E-state index in [0.29, 0.717) is 24.2 Å². The average molecular weight is 264 g/mol. The summed E-state index contributed by atoms with van der Waals surface area (Å²) in [6.45, 7) is 4.06. The van der Waals surface area contributed by atoms with Crippen LogP contribution in [0.4, 0.5) is 5.69 Å². The van der Waals surface area contributed by atoms with Crippen LogP contribution in [0.25, 0.3) is 0 Å². The van der Waals surface area contributed by atoms with Crippen LogP contribution in [0.2, 0.25) is 0 Å². The van der Waals surface area contributed by atoms with Crippen molar-refractivity contribution in [2.45, 2.75) is 26.7 Å². The Morgan fingerprint density at radius 3 is 2.68 bits per heavy atom. The van der Waals surface area contributed by atoms with Crippen molar-refractivity contribution in [2.75, 3.05) is 11.9 Å². The van der Waals surface area contributed by atoms with Crippen molar-refractivity contribution in [3.8, 4) is 0 Å². The van der Waals surface area contributed by atoms with Crippen LogP contribution in [0.15, 0.2) is 18.2 Å². The van der Waals surface area contributed by atoms with Crippen LogP contribution in [0.5, 0.6) is 0 Å². The van der Waals surface area contributed by atoms with E-state index in [4.69, 9.17) is 5.73 Å². The third-order valence-electron chi connectivity index (χ3n) is 3.03. The number of nitrogens with two attached hydrogens (primary N) is 1. The second-order valence-corrected chi connectivity index (χ2v) is 4.62. The zero-order valence-corrected chi connectivity index (χ0v) is 11.3. The van der Waals surface area contributed by atoms with Gasteiger partial charge in [-0.1, -0.05) is 19.1 Å². The van der Waals surface area contributed by atoms with Gasteiger partial charge in [0, 0.05) is 5.92 Å². The molecule has 1 rings (SSSR count). The molecule has 5 heteroatoms. The van der Waals surface area contributed by atoms with Gasteiger partial charge in [0.05, 0.1) is 11.3 Å². The second-order valence-electron chi connectivity index (χ2n) is 4.62. The first kappa shape index (κ1) is 15.2. The van der Waals surface area contributed by atoms with Crippen LogP contribution in [0.3, 0.4) is 0 Å². The van der Waals surface area contributed by atoms with Gasteiger partial charge in [-0.15, -0.1) is 0 Å². The number of aryl methyl sites for hydroxylation is 1. The first-order valence-corrected chi connectivity index (χ1v) is 6.31. The quantitative estimate of drug-likeness (QED) is 0.732. The Kier molecular flexibility index (Phi) is 5.51. The summed E-state index contributed by atoms with van der Waals surface area (Å²) in [5.41, 5.74) is 6.51. The number of carbonyl (C=O) groups excluding carboxylic acids is 1. The lowest BCUT2D eigenvalue weighted by atomic mass is 10.0. The van der Waals surface area contributed by atoms with E-state index in [1.165, 1.54) is 0 Å². The van der Waals surface area contributed by atoms with Crippen LogP contribution < -0.4 is 11.1 Å². The van der Waals surface area contributed by atoms with Gasteiger partial charge in [-0.25, -0.2) is 4.79 Å². The molecule has 4 N–H and O–H groups in total. The SMILES string of the molecule is Cc1cccc(NC(=O)C(C)CCCN)c1C(=O)O. The number of nitrogens with one attached hydrogen (secondary N) is 1. The molecular weight excluding hydrogens is 244 g/mol. The molecule has 0 radical (unpaired) electrons. The Balaban J connectivity index is 2.85. The van der Waals surface area contributed by atoms with E-state index in [1.54, 1.807) is 32.0 Å². The molecule has 5 nitrogen and oxygen atoms in total. The highest BCUT2D eigenvalue weighted by molar-refractivity contribution is 6.02. The number of benzene rings is 1. The van der Waals surface area contributed by atoms with Gasteiger partial charge in [0.15, 0.2) is 0 Å². The molecule has 0 heterocycles. The summed E-state index contributed by atoms with van der Waals surface area (Å²) in [5.74, 6) is -1.41. The van der Waals surface area contributed by atoms with Crippen LogP contribution in [-0.4, -0.2) is 23.5 Å². The molecule has 0 aliphatic carbocycles. The van der Waals surface area contributed by atoms with Crippen LogP contribution in [-0.2, 0) is 4.79 Å². The zero-order valence-electron chi connectivity index (χ0n) is 11.3. The van der Waals surface area contributed by atoms with E-state index >= 15 is 0 Å². The lowest BCUT2D eigenvalue weighted by Crippen LogP contribution is -2.22. The topological polar surface area (TPSA) is 92.4 Å². The molecule has 0 bridgehead atoms. The fourth-order valence-corrected chi connectivity index (χ4v) is 1.87. The maximum absolute atomic E-state index is 12.0. The molecule has 104 valence electrons. The number of carboxylic acids is 1. The summed E-state index contributed by atoms with van der Waals surface area (Å²) in [7, 11) is 0. The lowest BCUT2D eigenvalue weighted by molar-refractivity contribution is -0.119. The largest absolute Gasteiger partial charge is 0.478 e. The third kappa shape index (κ3) is 4.06. The second kappa shape index (κ2) is 6.89. The molecule has 0 saturated carbocycles. The number of anilines is 1. The van der Waals surface area contributed by atoms with Gasteiger partial charge >= 0.3 is 5.97 Å². The maximum atomic E-state index is 12.0. The van der Waals surface area contributed by atoms with E-state index in [1.807, 2.05) is 0 Å². The molecule has 1 amide bonds. The van der Waals surface area contributed by atoms with E-state index in [-0.39, 0.29) is 17.4 Å². The summed E-state index contributed by atoms with van der Waals surface area (Å²) < 4.78 is 0. The maximum Gasteiger partial charge on any atom is 0.338 e. The summed E-state index contributed by atoms with van der Waals surface area (Å²) in [6, 6.07) is 5.03. The molecule has 0 spiro atoms. The predicted octanol–water partition coefficient (Wildman–Crippen LogP) is 2.01. The fraction of sp³-hybridized carbons (Fsp3) is 0.429. The fourth-order valence-electron chi connectivity index (χ4n) is 1.87. The van der Waals surface area contributed by atoms with Gasteiger partial charge in [-0.3, -0.25) is 4.79 Å².